The lowest BCUT2D eigenvalue weighted by molar-refractivity contribution is 0.675. The molecule has 106 valence electrons. The van der Waals surface area contributed by atoms with Gasteiger partial charge in [0, 0.05) is 24.2 Å². The van der Waals surface area contributed by atoms with Crippen LogP contribution in [0.25, 0.3) is 5.95 Å². The normalized spacial score (nSPS) is 18.9. The fourth-order valence-electron chi connectivity index (χ4n) is 2.09. The third-order valence-corrected chi connectivity index (χ3v) is 4.66. The minimum absolute atomic E-state index is 0.183. The van der Waals surface area contributed by atoms with Crippen molar-refractivity contribution in [2.24, 2.45) is 0 Å². The van der Waals surface area contributed by atoms with Crippen LogP contribution in [-0.2, 0) is 0 Å². The number of thioether (sulfide) groups is 1. The standard InChI is InChI=1S/C12H15ClN6S/c13-10-16-11(15-7-9-3-1-2-6-20-9)18-12(17-10)19-5-4-14-8-19/h4-5,8-9H,1-3,6-7H2,(H,15,16,17,18). The lowest BCUT2D eigenvalue weighted by atomic mass is 10.2. The Morgan fingerprint density at radius 1 is 1.35 bits per heavy atom. The quantitative estimate of drug-likeness (QED) is 0.935. The Labute approximate surface area is 126 Å². The first-order valence-electron chi connectivity index (χ1n) is 6.56. The molecule has 1 atom stereocenters. The molecule has 0 spiro atoms. The molecule has 1 fully saturated rings. The van der Waals surface area contributed by atoms with Gasteiger partial charge in [0.1, 0.15) is 6.33 Å². The number of hydrogen-bond acceptors (Lipinski definition) is 6. The number of halogens is 1. The molecule has 3 heterocycles. The van der Waals surface area contributed by atoms with Crippen molar-refractivity contribution in [1.29, 1.82) is 0 Å². The van der Waals surface area contributed by atoms with Crippen LogP contribution in [0.4, 0.5) is 5.95 Å². The van der Waals surface area contributed by atoms with Gasteiger partial charge in [-0.3, -0.25) is 4.57 Å². The SMILES string of the molecule is Clc1nc(NCC2CCCCS2)nc(-n2ccnc2)n1. The summed E-state index contributed by atoms with van der Waals surface area (Å²) in [4.78, 5) is 16.5. The van der Waals surface area contributed by atoms with Gasteiger partial charge in [-0.25, -0.2) is 4.98 Å². The Balaban J connectivity index is 1.69. The van der Waals surface area contributed by atoms with Crippen molar-refractivity contribution >= 4 is 29.3 Å². The number of anilines is 1. The van der Waals surface area contributed by atoms with Gasteiger partial charge in [0.25, 0.3) is 0 Å². The van der Waals surface area contributed by atoms with Gasteiger partial charge >= 0.3 is 0 Å². The highest BCUT2D eigenvalue weighted by Crippen LogP contribution is 2.25. The molecule has 0 saturated carbocycles. The van der Waals surface area contributed by atoms with Crippen molar-refractivity contribution in [2.75, 3.05) is 17.6 Å². The summed E-state index contributed by atoms with van der Waals surface area (Å²) >= 11 is 7.95. The van der Waals surface area contributed by atoms with E-state index in [1.54, 1.807) is 23.3 Å². The average Bonchev–Trinajstić information content (AvgIpc) is 3.00. The monoisotopic (exact) mass is 310 g/mol. The van der Waals surface area contributed by atoms with Crippen LogP contribution >= 0.6 is 23.4 Å². The molecule has 1 saturated heterocycles. The molecule has 1 unspecified atom stereocenters. The fourth-order valence-corrected chi connectivity index (χ4v) is 3.48. The average molecular weight is 311 g/mol. The lowest BCUT2D eigenvalue weighted by Crippen LogP contribution is -2.21. The largest absolute Gasteiger partial charge is 0.353 e. The summed E-state index contributed by atoms with van der Waals surface area (Å²) < 4.78 is 1.70. The summed E-state index contributed by atoms with van der Waals surface area (Å²) in [6, 6.07) is 0. The van der Waals surface area contributed by atoms with Gasteiger partial charge < -0.3 is 5.32 Å². The highest BCUT2D eigenvalue weighted by molar-refractivity contribution is 7.99. The molecule has 0 aliphatic carbocycles. The van der Waals surface area contributed by atoms with Gasteiger partial charge in [-0.1, -0.05) is 6.42 Å². The molecule has 0 bridgehead atoms. The highest BCUT2D eigenvalue weighted by Gasteiger charge is 2.14. The second-order valence-electron chi connectivity index (χ2n) is 4.57. The van der Waals surface area contributed by atoms with Gasteiger partial charge in [0.15, 0.2) is 0 Å². The molecular formula is C12H15ClN6S. The number of imidazole rings is 1. The zero-order chi connectivity index (χ0) is 13.8. The van der Waals surface area contributed by atoms with Crippen LogP contribution < -0.4 is 5.32 Å². The van der Waals surface area contributed by atoms with Crippen LogP contribution in [0.15, 0.2) is 18.7 Å². The van der Waals surface area contributed by atoms with Crippen molar-refractivity contribution < 1.29 is 0 Å². The lowest BCUT2D eigenvalue weighted by Gasteiger charge is -2.21. The van der Waals surface area contributed by atoms with Gasteiger partial charge in [0.2, 0.25) is 17.2 Å². The smallest absolute Gasteiger partial charge is 0.241 e. The first kappa shape index (κ1) is 13.6. The molecule has 0 aromatic carbocycles. The first-order chi connectivity index (χ1) is 9.81. The Bertz CT molecular complexity index is 555. The summed E-state index contributed by atoms with van der Waals surface area (Å²) in [5, 5.41) is 4.06. The molecular weight excluding hydrogens is 296 g/mol. The van der Waals surface area contributed by atoms with E-state index in [0.29, 0.717) is 17.1 Å². The number of nitrogens with one attached hydrogen (secondary N) is 1. The number of rotatable bonds is 4. The Morgan fingerprint density at radius 3 is 3.05 bits per heavy atom. The maximum atomic E-state index is 5.95. The molecule has 2 aromatic rings. The van der Waals surface area contributed by atoms with Crippen LogP contribution in [0.2, 0.25) is 5.28 Å². The fraction of sp³-hybridized carbons (Fsp3) is 0.500. The Kier molecular flexibility index (Phi) is 4.37. The van der Waals surface area contributed by atoms with Crippen molar-refractivity contribution in [1.82, 2.24) is 24.5 Å². The van der Waals surface area contributed by atoms with Gasteiger partial charge in [-0.2, -0.15) is 26.7 Å². The van der Waals surface area contributed by atoms with Crippen molar-refractivity contribution in [3.8, 4) is 5.95 Å². The zero-order valence-electron chi connectivity index (χ0n) is 10.9. The van der Waals surface area contributed by atoms with Crippen molar-refractivity contribution in [3.05, 3.63) is 24.0 Å². The Morgan fingerprint density at radius 2 is 2.30 bits per heavy atom. The molecule has 1 N–H and O–H groups in total. The Hall–Kier alpha value is -1.34. The van der Waals surface area contributed by atoms with E-state index < -0.39 is 0 Å². The summed E-state index contributed by atoms with van der Waals surface area (Å²) in [5.41, 5.74) is 0. The van der Waals surface area contributed by atoms with E-state index in [1.165, 1.54) is 25.0 Å². The van der Waals surface area contributed by atoms with E-state index >= 15 is 0 Å². The molecule has 0 radical (unpaired) electrons. The van der Waals surface area contributed by atoms with Crippen molar-refractivity contribution in [3.63, 3.8) is 0 Å². The van der Waals surface area contributed by atoms with Crippen molar-refractivity contribution in [2.45, 2.75) is 24.5 Å². The van der Waals surface area contributed by atoms with E-state index in [9.17, 15) is 0 Å². The van der Waals surface area contributed by atoms with E-state index in [-0.39, 0.29) is 5.28 Å². The molecule has 6 nitrogen and oxygen atoms in total. The summed E-state index contributed by atoms with van der Waals surface area (Å²) in [7, 11) is 0. The third kappa shape index (κ3) is 3.40. The molecule has 20 heavy (non-hydrogen) atoms. The third-order valence-electron chi connectivity index (χ3n) is 3.09. The molecule has 0 amide bonds. The van der Waals surface area contributed by atoms with E-state index in [2.05, 4.69) is 25.3 Å². The van der Waals surface area contributed by atoms with Crippen LogP contribution in [-0.4, -0.2) is 42.1 Å². The predicted molar refractivity (Wildman–Crippen MR) is 80.5 cm³/mol. The minimum atomic E-state index is 0.183. The summed E-state index contributed by atoms with van der Waals surface area (Å²) in [6.45, 7) is 0.856. The molecule has 8 heteroatoms. The van der Waals surface area contributed by atoms with E-state index in [0.717, 1.165) is 6.54 Å². The number of nitrogens with zero attached hydrogens (tertiary/aromatic N) is 5. The van der Waals surface area contributed by atoms with E-state index in [1.807, 2.05) is 11.8 Å². The maximum Gasteiger partial charge on any atom is 0.241 e. The second-order valence-corrected chi connectivity index (χ2v) is 6.31. The summed E-state index contributed by atoms with van der Waals surface area (Å²) in [6.07, 6.45) is 8.94. The molecule has 1 aliphatic heterocycles. The summed E-state index contributed by atoms with van der Waals surface area (Å²) in [5.74, 6) is 2.23. The highest BCUT2D eigenvalue weighted by atomic mass is 35.5. The van der Waals surface area contributed by atoms with Gasteiger partial charge in [0.05, 0.1) is 0 Å². The molecule has 1 aliphatic rings. The second kappa shape index (κ2) is 6.41. The van der Waals surface area contributed by atoms with Crippen LogP contribution in [0.1, 0.15) is 19.3 Å². The minimum Gasteiger partial charge on any atom is -0.353 e. The van der Waals surface area contributed by atoms with Crippen LogP contribution in [0.5, 0.6) is 0 Å². The maximum absolute atomic E-state index is 5.95. The number of aromatic nitrogens is 5. The molecule has 3 rings (SSSR count). The predicted octanol–water partition coefficient (Wildman–Crippen LogP) is 2.41. The number of hydrogen-bond donors (Lipinski definition) is 1. The topological polar surface area (TPSA) is 68.5 Å². The van der Waals surface area contributed by atoms with E-state index in [4.69, 9.17) is 11.6 Å². The van der Waals surface area contributed by atoms with Gasteiger partial charge in [-0.05, 0) is 30.2 Å². The van der Waals surface area contributed by atoms with Crippen LogP contribution in [0.3, 0.4) is 0 Å². The first-order valence-corrected chi connectivity index (χ1v) is 7.99. The zero-order valence-corrected chi connectivity index (χ0v) is 12.4. The van der Waals surface area contributed by atoms with Crippen LogP contribution in [0, 0.1) is 0 Å². The van der Waals surface area contributed by atoms with Gasteiger partial charge in [-0.15, -0.1) is 0 Å². The molecule has 2 aromatic heterocycles.